The quantitative estimate of drug-likeness (QED) is 0.430. The molecule has 7 heteroatoms. The van der Waals surface area contributed by atoms with E-state index in [4.69, 9.17) is 0 Å². The number of nitro benzene ring substituents is 1. The summed E-state index contributed by atoms with van der Waals surface area (Å²) in [7, 11) is 0. The summed E-state index contributed by atoms with van der Waals surface area (Å²) in [6.45, 7) is 0. The predicted molar refractivity (Wildman–Crippen MR) is 87.8 cm³/mol. The molecule has 1 aromatic heterocycles. The van der Waals surface area contributed by atoms with Gasteiger partial charge in [-0.3, -0.25) is 10.1 Å². The number of thiazole rings is 1. The van der Waals surface area contributed by atoms with Crippen LogP contribution in [0.15, 0.2) is 47.4 Å². The number of non-ortho nitro benzene ring substituents is 1. The Morgan fingerprint density at radius 2 is 2.00 bits per heavy atom. The molecule has 3 aromatic rings. The van der Waals surface area contributed by atoms with Crippen LogP contribution in [0, 0.1) is 10.1 Å². The minimum atomic E-state index is -0.410. The predicted octanol–water partition coefficient (Wildman–Crippen LogP) is 4.67. The van der Waals surface area contributed by atoms with E-state index in [0.29, 0.717) is 0 Å². The minimum absolute atomic E-state index is 0.0783. The number of hydrogen-bond acceptors (Lipinski definition) is 6. The zero-order chi connectivity index (χ0) is 14.8. The molecule has 3 rings (SSSR count). The van der Waals surface area contributed by atoms with Gasteiger partial charge in [-0.1, -0.05) is 17.4 Å². The molecule has 0 unspecified atom stereocenters. The van der Waals surface area contributed by atoms with E-state index in [1.807, 2.05) is 24.5 Å². The molecule has 0 bridgehead atoms. The SMILES string of the molecule is CSc1cccc2sc(Nc3ccc([N+](=O)[O-])cc3)nc12. The zero-order valence-electron chi connectivity index (χ0n) is 11.1. The van der Waals surface area contributed by atoms with E-state index < -0.39 is 4.92 Å². The fraction of sp³-hybridized carbons (Fsp3) is 0.0714. The lowest BCUT2D eigenvalue weighted by Crippen LogP contribution is -1.91. The Hall–Kier alpha value is -2.12. The molecule has 0 aliphatic rings. The average Bonchev–Trinajstić information content (AvgIpc) is 2.90. The van der Waals surface area contributed by atoms with Crippen molar-refractivity contribution in [3.63, 3.8) is 0 Å². The van der Waals surface area contributed by atoms with E-state index in [1.165, 1.54) is 12.1 Å². The number of para-hydroxylation sites is 1. The maximum absolute atomic E-state index is 10.6. The summed E-state index contributed by atoms with van der Waals surface area (Å²) in [5.74, 6) is 0. The number of nitrogens with one attached hydrogen (secondary N) is 1. The van der Waals surface area contributed by atoms with Gasteiger partial charge in [-0.2, -0.15) is 0 Å². The van der Waals surface area contributed by atoms with Crippen LogP contribution in [-0.2, 0) is 0 Å². The number of aromatic nitrogens is 1. The molecule has 0 saturated heterocycles. The molecule has 0 saturated carbocycles. The summed E-state index contributed by atoms with van der Waals surface area (Å²) in [5, 5.41) is 14.6. The van der Waals surface area contributed by atoms with Gasteiger partial charge in [-0.15, -0.1) is 11.8 Å². The summed E-state index contributed by atoms with van der Waals surface area (Å²) < 4.78 is 1.12. The molecule has 0 spiro atoms. The fourth-order valence-electron chi connectivity index (χ4n) is 1.93. The maximum atomic E-state index is 10.6. The Balaban J connectivity index is 1.89. The van der Waals surface area contributed by atoms with Gasteiger partial charge in [0.05, 0.1) is 15.1 Å². The van der Waals surface area contributed by atoms with Crippen molar-refractivity contribution >= 4 is 49.8 Å². The Morgan fingerprint density at radius 1 is 1.24 bits per heavy atom. The molecular weight excluding hydrogens is 306 g/mol. The van der Waals surface area contributed by atoms with Crippen LogP contribution in [0.3, 0.4) is 0 Å². The summed E-state index contributed by atoms with van der Waals surface area (Å²) >= 11 is 3.23. The first-order valence-corrected chi connectivity index (χ1v) is 8.16. The van der Waals surface area contributed by atoms with Crippen molar-refractivity contribution in [3.05, 3.63) is 52.6 Å². The third-order valence-electron chi connectivity index (χ3n) is 2.93. The van der Waals surface area contributed by atoms with Gasteiger partial charge in [-0.05, 0) is 30.5 Å². The number of thioether (sulfide) groups is 1. The molecule has 0 aliphatic carbocycles. The van der Waals surface area contributed by atoms with Crippen LogP contribution in [0.1, 0.15) is 0 Å². The molecule has 0 aliphatic heterocycles. The first-order valence-electron chi connectivity index (χ1n) is 6.12. The standard InChI is InChI=1S/C14H11N3O2S2/c1-20-11-3-2-4-12-13(11)16-14(21-12)15-9-5-7-10(8-6-9)17(18)19/h2-8H,1H3,(H,15,16). The highest BCUT2D eigenvalue weighted by Gasteiger charge is 2.09. The third kappa shape index (κ3) is 2.84. The lowest BCUT2D eigenvalue weighted by atomic mass is 10.3. The molecule has 0 amide bonds. The molecule has 2 aromatic carbocycles. The second-order valence-corrected chi connectivity index (χ2v) is 6.13. The summed E-state index contributed by atoms with van der Waals surface area (Å²) in [6.07, 6.45) is 2.03. The van der Waals surface area contributed by atoms with Gasteiger partial charge in [0.1, 0.15) is 0 Å². The van der Waals surface area contributed by atoms with Crippen LogP contribution in [0.25, 0.3) is 10.2 Å². The Labute approximate surface area is 129 Å². The summed E-state index contributed by atoms with van der Waals surface area (Å²) in [6, 6.07) is 12.4. The van der Waals surface area contributed by atoms with Crippen molar-refractivity contribution < 1.29 is 4.92 Å². The average molecular weight is 317 g/mol. The largest absolute Gasteiger partial charge is 0.332 e. The number of anilines is 2. The van der Waals surface area contributed by atoms with Crippen LogP contribution < -0.4 is 5.32 Å². The van der Waals surface area contributed by atoms with Crippen LogP contribution >= 0.6 is 23.1 Å². The van der Waals surface area contributed by atoms with Crippen molar-refractivity contribution in [2.45, 2.75) is 4.90 Å². The van der Waals surface area contributed by atoms with E-state index >= 15 is 0 Å². The van der Waals surface area contributed by atoms with Gasteiger partial charge in [0.2, 0.25) is 0 Å². The first kappa shape index (κ1) is 13.8. The van der Waals surface area contributed by atoms with E-state index in [1.54, 1.807) is 35.2 Å². The van der Waals surface area contributed by atoms with E-state index in [-0.39, 0.29) is 5.69 Å². The molecule has 0 atom stereocenters. The fourth-order valence-corrected chi connectivity index (χ4v) is 3.47. The topological polar surface area (TPSA) is 68.1 Å². The van der Waals surface area contributed by atoms with Gasteiger partial charge < -0.3 is 5.32 Å². The number of nitrogens with zero attached hydrogens (tertiary/aromatic N) is 2. The van der Waals surface area contributed by atoms with Crippen LogP contribution in [0.4, 0.5) is 16.5 Å². The minimum Gasteiger partial charge on any atom is -0.332 e. The highest BCUT2D eigenvalue weighted by Crippen LogP contribution is 2.33. The first-order chi connectivity index (χ1) is 10.2. The normalized spacial score (nSPS) is 10.7. The Kier molecular flexibility index (Phi) is 3.76. The molecule has 106 valence electrons. The number of rotatable bonds is 4. The van der Waals surface area contributed by atoms with Crippen molar-refractivity contribution in [2.24, 2.45) is 0 Å². The van der Waals surface area contributed by atoms with Crippen molar-refractivity contribution in [2.75, 3.05) is 11.6 Å². The molecule has 1 N–H and O–H groups in total. The number of benzene rings is 2. The van der Waals surface area contributed by atoms with E-state index in [9.17, 15) is 10.1 Å². The van der Waals surface area contributed by atoms with Crippen LogP contribution in [0.5, 0.6) is 0 Å². The van der Waals surface area contributed by atoms with Gasteiger partial charge >= 0.3 is 0 Å². The molecule has 21 heavy (non-hydrogen) atoms. The van der Waals surface area contributed by atoms with Crippen LogP contribution in [0.2, 0.25) is 0 Å². The van der Waals surface area contributed by atoms with Crippen molar-refractivity contribution in [1.82, 2.24) is 4.98 Å². The van der Waals surface area contributed by atoms with Crippen molar-refractivity contribution in [3.8, 4) is 0 Å². The Morgan fingerprint density at radius 3 is 2.67 bits per heavy atom. The highest BCUT2D eigenvalue weighted by molar-refractivity contribution is 7.98. The maximum Gasteiger partial charge on any atom is 0.269 e. The number of nitro groups is 1. The monoisotopic (exact) mass is 317 g/mol. The molecule has 0 radical (unpaired) electrons. The van der Waals surface area contributed by atoms with E-state index in [0.717, 1.165) is 25.9 Å². The van der Waals surface area contributed by atoms with Crippen LogP contribution in [-0.4, -0.2) is 16.2 Å². The summed E-state index contributed by atoms with van der Waals surface area (Å²) in [4.78, 5) is 15.9. The second-order valence-electron chi connectivity index (χ2n) is 4.26. The number of hydrogen-bond donors (Lipinski definition) is 1. The van der Waals surface area contributed by atoms with Gasteiger partial charge in [0.25, 0.3) is 5.69 Å². The van der Waals surface area contributed by atoms with E-state index in [2.05, 4.69) is 10.3 Å². The third-order valence-corrected chi connectivity index (χ3v) is 4.64. The summed E-state index contributed by atoms with van der Waals surface area (Å²) in [5.41, 5.74) is 1.85. The Bertz CT molecular complexity index is 800. The highest BCUT2D eigenvalue weighted by atomic mass is 32.2. The smallest absolute Gasteiger partial charge is 0.269 e. The lowest BCUT2D eigenvalue weighted by Gasteiger charge is -2.01. The van der Waals surface area contributed by atoms with Gasteiger partial charge in [0, 0.05) is 22.7 Å². The molecule has 5 nitrogen and oxygen atoms in total. The molecule has 0 fully saturated rings. The van der Waals surface area contributed by atoms with Gasteiger partial charge in [0.15, 0.2) is 5.13 Å². The van der Waals surface area contributed by atoms with Gasteiger partial charge in [-0.25, -0.2) is 4.98 Å². The lowest BCUT2D eigenvalue weighted by molar-refractivity contribution is -0.384. The number of fused-ring (bicyclic) bond motifs is 1. The molecule has 1 heterocycles. The zero-order valence-corrected chi connectivity index (χ0v) is 12.7. The van der Waals surface area contributed by atoms with Crippen molar-refractivity contribution in [1.29, 1.82) is 0 Å². The molecular formula is C14H11N3O2S2. The second kappa shape index (κ2) is 5.71.